The Labute approximate surface area is 294 Å². The number of ether oxygens (including phenoxy) is 5. The van der Waals surface area contributed by atoms with Crippen LogP contribution in [0.1, 0.15) is 49.1 Å². The summed E-state index contributed by atoms with van der Waals surface area (Å²) in [7, 11) is 1.27. The molecule has 0 saturated carbocycles. The first-order valence-corrected chi connectivity index (χ1v) is 16.9. The Morgan fingerprint density at radius 2 is 1.76 bits per heavy atom. The Kier molecular flexibility index (Phi) is 11.3. The monoisotopic (exact) mass is 745 g/mol. The topological polar surface area (TPSA) is 138 Å². The van der Waals surface area contributed by atoms with Crippen molar-refractivity contribution >= 4 is 45.3 Å². The number of aromatic nitrogens is 1. The van der Waals surface area contributed by atoms with Gasteiger partial charge < -0.3 is 23.7 Å². The highest BCUT2D eigenvalue weighted by molar-refractivity contribution is 9.10. The maximum Gasteiger partial charge on any atom is 0.343 e. The molecule has 1 aliphatic rings. The summed E-state index contributed by atoms with van der Waals surface area (Å²) < 4.78 is 30.1. The quantitative estimate of drug-likeness (QED) is 0.184. The van der Waals surface area contributed by atoms with Crippen LogP contribution in [0.25, 0.3) is 6.08 Å². The van der Waals surface area contributed by atoms with Crippen molar-refractivity contribution in [3.63, 3.8) is 0 Å². The van der Waals surface area contributed by atoms with Gasteiger partial charge in [-0.3, -0.25) is 9.36 Å². The first-order valence-electron chi connectivity index (χ1n) is 15.2. The SMILES string of the molecule is CCOC(=O)C1=C(C)N=c2s/c(=C/c3ccc(OCc4ccc(C#N)cc4)c(Br)c3)c(=O)n2[C@@H]1c1ccc(OCC(=O)OC)c(OCC)c1. The second-order valence-corrected chi connectivity index (χ2v) is 12.5. The third-order valence-electron chi connectivity index (χ3n) is 7.40. The lowest BCUT2D eigenvalue weighted by Gasteiger charge is -2.25. The van der Waals surface area contributed by atoms with Crippen molar-refractivity contribution in [2.45, 2.75) is 33.4 Å². The van der Waals surface area contributed by atoms with Gasteiger partial charge in [0.05, 0.1) is 58.3 Å². The van der Waals surface area contributed by atoms with E-state index in [-0.39, 0.29) is 24.3 Å². The highest BCUT2D eigenvalue weighted by Gasteiger charge is 2.34. The number of thiazole rings is 1. The average molecular weight is 747 g/mol. The van der Waals surface area contributed by atoms with Gasteiger partial charge in [0, 0.05) is 0 Å². The van der Waals surface area contributed by atoms with Crippen molar-refractivity contribution < 1.29 is 33.3 Å². The molecule has 4 aromatic rings. The van der Waals surface area contributed by atoms with E-state index in [1.807, 2.05) is 30.3 Å². The predicted octanol–water partition coefficient (Wildman–Crippen LogP) is 4.96. The summed E-state index contributed by atoms with van der Waals surface area (Å²) in [5.74, 6) is 0.0976. The third-order valence-corrected chi connectivity index (χ3v) is 9.01. The summed E-state index contributed by atoms with van der Waals surface area (Å²) in [4.78, 5) is 44.2. The number of rotatable bonds is 12. The standard InChI is InChI=1S/C36H32BrN3O8S/c1-5-45-29-17-25(12-14-28(29)48-20-31(41)44-4)33-32(35(43)46-6-2)21(3)39-36-40(33)34(42)30(49-36)16-24-11-13-27(26(37)15-24)47-19-23-9-7-22(18-38)8-10-23/h7-17,33H,5-6,19-20H2,1-4H3/b30-16+/t33-/m1/s1. The molecule has 0 spiro atoms. The lowest BCUT2D eigenvalue weighted by molar-refractivity contribution is -0.143. The number of carbonyl (C=O) groups excluding carboxylic acids is 2. The van der Waals surface area contributed by atoms with Gasteiger partial charge in [-0.15, -0.1) is 0 Å². The molecule has 1 aliphatic heterocycles. The van der Waals surface area contributed by atoms with E-state index in [1.165, 1.54) is 23.0 Å². The van der Waals surface area contributed by atoms with Crippen LogP contribution in [-0.4, -0.2) is 43.4 Å². The van der Waals surface area contributed by atoms with Crippen LogP contribution in [0.15, 0.2) is 86.2 Å². The molecule has 49 heavy (non-hydrogen) atoms. The Hall–Kier alpha value is -5.19. The average Bonchev–Trinajstić information content (AvgIpc) is 3.40. The molecular weight excluding hydrogens is 714 g/mol. The lowest BCUT2D eigenvalue weighted by Crippen LogP contribution is -2.40. The minimum absolute atomic E-state index is 0.138. The van der Waals surface area contributed by atoms with Gasteiger partial charge in [0.25, 0.3) is 5.56 Å². The van der Waals surface area contributed by atoms with Crippen LogP contribution in [0.3, 0.4) is 0 Å². The maximum atomic E-state index is 14.1. The molecule has 0 saturated heterocycles. The molecule has 0 bridgehead atoms. The summed E-state index contributed by atoms with van der Waals surface area (Å²) in [6.07, 6.45) is 1.76. The molecule has 0 N–H and O–H groups in total. The summed E-state index contributed by atoms with van der Waals surface area (Å²) >= 11 is 4.78. The summed E-state index contributed by atoms with van der Waals surface area (Å²) in [5.41, 5.74) is 3.10. The summed E-state index contributed by atoms with van der Waals surface area (Å²) in [6.45, 7) is 5.66. The maximum absolute atomic E-state index is 14.1. The number of halogens is 1. The molecular formula is C36H32BrN3O8S. The van der Waals surface area contributed by atoms with Crippen LogP contribution >= 0.6 is 27.3 Å². The number of fused-ring (bicyclic) bond motifs is 1. The zero-order valence-electron chi connectivity index (χ0n) is 27.2. The third kappa shape index (κ3) is 7.93. The number of carbonyl (C=O) groups is 2. The number of esters is 2. The summed E-state index contributed by atoms with van der Waals surface area (Å²) in [5, 5.41) is 9.02. The van der Waals surface area contributed by atoms with Gasteiger partial charge in [-0.2, -0.15) is 5.26 Å². The van der Waals surface area contributed by atoms with Gasteiger partial charge >= 0.3 is 11.9 Å². The van der Waals surface area contributed by atoms with Crippen molar-refractivity contribution in [3.8, 4) is 23.3 Å². The van der Waals surface area contributed by atoms with Crippen LogP contribution in [0.2, 0.25) is 0 Å². The molecule has 3 aromatic carbocycles. The number of nitriles is 1. The molecule has 13 heteroatoms. The van der Waals surface area contributed by atoms with E-state index >= 15 is 0 Å². The number of hydrogen-bond acceptors (Lipinski definition) is 11. The predicted molar refractivity (Wildman–Crippen MR) is 185 cm³/mol. The Balaban J connectivity index is 1.52. The lowest BCUT2D eigenvalue weighted by atomic mass is 9.95. The fraction of sp³-hybridized carbons (Fsp3) is 0.250. The van der Waals surface area contributed by atoms with Crippen molar-refractivity contribution in [3.05, 3.63) is 118 Å². The van der Waals surface area contributed by atoms with Crippen molar-refractivity contribution in [2.75, 3.05) is 26.9 Å². The molecule has 0 fully saturated rings. The van der Waals surface area contributed by atoms with Crippen LogP contribution < -0.4 is 29.1 Å². The minimum atomic E-state index is -0.879. The molecule has 11 nitrogen and oxygen atoms in total. The smallest absolute Gasteiger partial charge is 0.343 e. The Bertz CT molecular complexity index is 2150. The van der Waals surface area contributed by atoms with E-state index in [2.05, 4.69) is 31.7 Å². The molecule has 0 aliphatic carbocycles. The van der Waals surface area contributed by atoms with Gasteiger partial charge in [0.2, 0.25) is 0 Å². The number of allylic oxidation sites excluding steroid dienone is 1. The van der Waals surface area contributed by atoms with E-state index in [4.69, 9.17) is 24.2 Å². The van der Waals surface area contributed by atoms with Gasteiger partial charge in [-0.05, 0) is 95.9 Å². The van der Waals surface area contributed by atoms with Crippen LogP contribution in [-0.2, 0) is 25.7 Å². The van der Waals surface area contributed by atoms with Crippen molar-refractivity contribution in [1.82, 2.24) is 4.57 Å². The molecule has 0 radical (unpaired) electrons. The minimum Gasteiger partial charge on any atom is -0.490 e. The van der Waals surface area contributed by atoms with E-state index < -0.39 is 18.0 Å². The normalized spacial score (nSPS) is 14.0. The number of nitrogens with zero attached hydrogens (tertiary/aromatic N) is 3. The molecule has 5 rings (SSSR count). The highest BCUT2D eigenvalue weighted by atomic mass is 79.9. The molecule has 0 amide bonds. The van der Waals surface area contributed by atoms with Gasteiger partial charge in [0.15, 0.2) is 22.9 Å². The van der Waals surface area contributed by atoms with Crippen molar-refractivity contribution in [2.24, 2.45) is 4.99 Å². The van der Waals surface area contributed by atoms with E-state index in [0.29, 0.717) is 61.1 Å². The highest BCUT2D eigenvalue weighted by Crippen LogP contribution is 2.36. The molecule has 0 unspecified atom stereocenters. The van der Waals surface area contributed by atoms with Gasteiger partial charge in [0.1, 0.15) is 12.4 Å². The van der Waals surface area contributed by atoms with Gasteiger partial charge in [-0.1, -0.05) is 35.6 Å². The van der Waals surface area contributed by atoms with Crippen LogP contribution in [0, 0.1) is 11.3 Å². The van der Waals surface area contributed by atoms with Crippen LogP contribution in [0.4, 0.5) is 0 Å². The van der Waals surface area contributed by atoms with Crippen LogP contribution in [0.5, 0.6) is 17.2 Å². The zero-order chi connectivity index (χ0) is 35.1. The molecule has 2 heterocycles. The molecule has 1 atom stereocenters. The molecule has 252 valence electrons. The number of benzene rings is 3. The Morgan fingerprint density at radius 1 is 1.00 bits per heavy atom. The largest absolute Gasteiger partial charge is 0.490 e. The van der Waals surface area contributed by atoms with Crippen molar-refractivity contribution in [1.29, 1.82) is 5.26 Å². The zero-order valence-corrected chi connectivity index (χ0v) is 29.6. The fourth-order valence-corrected chi connectivity index (χ4v) is 6.65. The number of methoxy groups -OCH3 is 1. The number of hydrogen-bond donors (Lipinski definition) is 0. The van der Waals surface area contributed by atoms with E-state index in [9.17, 15) is 14.4 Å². The van der Waals surface area contributed by atoms with E-state index in [0.717, 1.165) is 11.1 Å². The fourth-order valence-electron chi connectivity index (χ4n) is 5.10. The first-order chi connectivity index (χ1) is 23.7. The van der Waals surface area contributed by atoms with E-state index in [1.54, 1.807) is 57.2 Å². The molecule has 1 aromatic heterocycles. The summed E-state index contributed by atoms with van der Waals surface area (Å²) in [6, 6.07) is 18.9. The van der Waals surface area contributed by atoms with Gasteiger partial charge in [-0.25, -0.2) is 14.6 Å². The second-order valence-electron chi connectivity index (χ2n) is 10.6. The second kappa shape index (κ2) is 15.8. The first kappa shape index (κ1) is 35.1. The Morgan fingerprint density at radius 3 is 2.43 bits per heavy atom.